The fourth-order valence-corrected chi connectivity index (χ4v) is 13.9. The van der Waals surface area contributed by atoms with Crippen molar-refractivity contribution in [2.75, 3.05) is 6.61 Å². The number of thiophene rings is 3. The first-order valence-electron chi connectivity index (χ1n) is 39.5. The van der Waals surface area contributed by atoms with Crippen LogP contribution in [0.4, 0.5) is 0 Å². The molecule has 0 aliphatic heterocycles. The van der Waals surface area contributed by atoms with Crippen LogP contribution in [0.15, 0.2) is 377 Å². The third-order valence-corrected chi connectivity index (χ3v) is 21.3. The number of carbonyl (C=O) groups is 8. The van der Waals surface area contributed by atoms with Gasteiger partial charge in [-0.15, -0.1) is 51.9 Å². The van der Waals surface area contributed by atoms with E-state index in [-0.39, 0.29) is 12.2 Å². The van der Waals surface area contributed by atoms with Crippen molar-refractivity contribution in [3.05, 3.63) is 452 Å². The predicted octanol–water partition coefficient (Wildman–Crippen LogP) is 27.4. The molecule has 648 valence electrons. The lowest BCUT2D eigenvalue weighted by Crippen LogP contribution is -2.08. The van der Waals surface area contributed by atoms with Gasteiger partial charge in [0.25, 0.3) is 6.47 Å². The molecule has 0 bridgehead atoms. The summed E-state index contributed by atoms with van der Waals surface area (Å²) < 4.78 is 29.6. The highest BCUT2D eigenvalue weighted by atomic mass is 32.1. The number of carbonyl (C=O) groups excluding carboxylic acids is 8. The normalized spacial score (nSPS) is 10.1. The molecule has 0 fully saturated rings. The number of aryl methyl sites for hydroxylation is 2. The van der Waals surface area contributed by atoms with Crippen LogP contribution in [0.3, 0.4) is 0 Å². The maximum absolute atomic E-state index is 12.4. The van der Waals surface area contributed by atoms with E-state index < -0.39 is 5.97 Å². The van der Waals surface area contributed by atoms with Gasteiger partial charge < -0.3 is 27.3 Å². The number of thiazole rings is 1. The average molecular weight is 1800 g/mol. The minimum Gasteiger partial charge on any atom is -0.462 e. The lowest BCUT2D eigenvalue weighted by Gasteiger charge is -2.07. The Kier molecular flexibility index (Phi) is 41.9. The summed E-state index contributed by atoms with van der Waals surface area (Å²) in [6.07, 6.45) is 21.3. The smallest absolute Gasteiger partial charge is 0.343 e. The number of rotatable bonds is 19. The van der Waals surface area contributed by atoms with E-state index in [1.807, 2.05) is 225 Å². The van der Waals surface area contributed by atoms with Crippen molar-refractivity contribution < 1.29 is 61.1 Å². The van der Waals surface area contributed by atoms with Crippen LogP contribution in [-0.2, 0) is 21.4 Å². The minimum absolute atomic E-state index is 0.0462. The molecule has 0 spiro atoms. The number of nitriles is 2. The summed E-state index contributed by atoms with van der Waals surface area (Å²) in [5.41, 5.74) is 9.95. The summed E-state index contributed by atoms with van der Waals surface area (Å²) in [4.78, 5) is 98.6. The van der Waals surface area contributed by atoms with Gasteiger partial charge in [0.15, 0.2) is 42.2 Å². The van der Waals surface area contributed by atoms with E-state index in [1.54, 1.807) is 154 Å². The monoisotopic (exact) mass is 1800 g/mol. The van der Waals surface area contributed by atoms with Crippen molar-refractivity contribution in [1.29, 1.82) is 10.5 Å². The number of hydrogen-bond acceptors (Lipinski definition) is 21. The van der Waals surface area contributed by atoms with Crippen LogP contribution in [0.2, 0.25) is 0 Å². The summed E-state index contributed by atoms with van der Waals surface area (Å²) in [7, 11) is 1.84. The zero-order chi connectivity index (χ0) is 93.8. The molecular weight excluding hydrogens is 1720 g/mol. The molecule has 0 radical (unpaired) electrons. The van der Waals surface area contributed by atoms with Crippen molar-refractivity contribution in [1.82, 2.24) is 14.5 Å². The molecule has 0 atom stereocenters. The maximum atomic E-state index is 12.4. The predicted molar refractivity (Wildman–Crippen MR) is 532 cm³/mol. The first-order valence-corrected chi connectivity index (χ1v) is 42.9. The maximum Gasteiger partial charge on any atom is 0.343 e. The van der Waals surface area contributed by atoms with Crippen LogP contribution < -0.4 is 4.74 Å². The summed E-state index contributed by atoms with van der Waals surface area (Å²) in [6, 6.07) is 92.8. The van der Waals surface area contributed by atoms with Crippen LogP contribution in [0.1, 0.15) is 105 Å². The fourth-order valence-electron chi connectivity index (χ4n) is 11.0. The average Bonchev–Trinajstić information content (AvgIpc) is 1.74. The van der Waals surface area contributed by atoms with Crippen molar-refractivity contribution in [3.8, 4) is 17.9 Å². The van der Waals surface area contributed by atoms with Gasteiger partial charge in [0.05, 0.1) is 56.4 Å². The Morgan fingerprint density at radius 1 is 0.489 bits per heavy atom. The molecule has 18 aromatic rings. The van der Waals surface area contributed by atoms with Crippen LogP contribution >= 0.6 is 45.3 Å². The third-order valence-electron chi connectivity index (χ3n) is 17.5. The second-order valence-electron chi connectivity index (χ2n) is 26.6. The zero-order valence-corrected chi connectivity index (χ0v) is 74.2. The number of esters is 1. The number of aldehydes is 6. The van der Waals surface area contributed by atoms with E-state index in [2.05, 4.69) is 93.3 Å². The number of hydrogen-bond donors (Lipinski definition) is 0. The van der Waals surface area contributed by atoms with Crippen molar-refractivity contribution in [2.45, 2.75) is 6.92 Å². The number of fused-ring (bicyclic) bond motifs is 6. The SMILES string of the molecule is C=Cc1cc2ccccc2o1.C=Cc1cc2ccccc2s1.C=Cc1nc2ccccc2o1.C=Cc1nc2ccccc2s1.Cc1ccc(/C=C(\C#N)C=O)cc1.Cn1cccc1C=O.N#C/C(=C\c1ccc(C=O)cc1)COC=O.O=Cc1ccc2cc(OC(=O)c3ccc4ccccc4c3)ccc2c1.O=Cc1ccco1.O=Cc1cccs1.[C-]#[N+]/C(C=C)=C\c1cccs1. The number of ether oxygens (including phenoxy) is 2. The Bertz CT molecular complexity index is 6580. The number of para-hydroxylation sites is 4. The summed E-state index contributed by atoms with van der Waals surface area (Å²) in [5.74, 6) is 1.86. The molecule has 0 saturated carbocycles. The van der Waals surface area contributed by atoms with E-state index in [4.69, 9.17) is 30.7 Å². The second-order valence-corrected chi connectivity index (χ2v) is 30.7. The van der Waals surface area contributed by atoms with E-state index >= 15 is 0 Å². The number of benzene rings is 10. The van der Waals surface area contributed by atoms with Crippen molar-refractivity contribution >= 4 is 202 Å². The van der Waals surface area contributed by atoms with Crippen LogP contribution in [0.25, 0.3) is 111 Å². The molecule has 10 aromatic carbocycles. The molecule has 131 heavy (non-hydrogen) atoms. The van der Waals surface area contributed by atoms with Gasteiger partial charge in [-0.2, -0.15) is 10.5 Å². The van der Waals surface area contributed by atoms with Crippen LogP contribution in [0.5, 0.6) is 5.75 Å². The molecule has 0 unspecified atom stereocenters. The number of nitrogens with zero attached hydrogens (tertiary/aromatic N) is 6. The molecular formula is C108H84N6O13S4. The fraction of sp³-hybridized carbons (Fsp3) is 0.0278. The third kappa shape index (κ3) is 33.4. The lowest BCUT2D eigenvalue weighted by atomic mass is 10.1. The summed E-state index contributed by atoms with van der Waals surface area (Å²) >= 11 is 6.52. The van der Waals surface area contributed by atoms with Gasteiger partial charge in [-0.05, 0) is 207 Å². The van der Waals surface area contributed by atoms with Gasteiger partial charge >= 0.3 is 5.97 Å². The molecule has 8 heterocycles. The largest absolute Gasteiger partial charge is 0.462 e. The zero-order valence-electron chi connectivity index (χ0n) is 71.0. The highest BCUT2D eigenvalue weighted by Gasteiger charge is 2.11. The Morgan fingerprint density at radius 2 is 1.11 bits per heavy atom. The highest BCUT2D eigenvalue weighted by Crippen LogP contribution is 2.28. The van der Waals surface area contributed by atoms with Crippen LogP contribution in [0, 0.1) is 36.2 Å². The number of allylic oxidation sites excluding steroid dienone is 2. The Labute approximate surface area is 772 Å². The standard InChI is InChI=1S/C22H14O3.C12H9NO3.C11H9NO.C10H8O.C10H8S.C9H7NO.2C9H7NS.C6H7NO.C5H4O2.C5H4OS/c23-14-15-5-6-19-13-21(10-9-18(19)11-15)25-22(24)20-8-7-16-3-1-2-4-17(16)12-20;13-6-12(8-16-9-15)5-10-1-3-11(7-14)4-2-10;1-9-2-4-10(5-3-9)6-11(7-12)8-13;2*1-2-9-7-8-5-3-4-6-10(8)11-9;2*1-2-9-10-7-5-3-4-6-8(7)11-9;1-3-8(10-2)7-9-5-4-6-11-9;1-7-4-2-3-6(7)5-8;2*6-4-5-2-1-3-7-5/h1-14H;1-5,7,9H,8H2;2-6,8H,1H3;2*2-7H,1H2;2*2-6H,1H2;3-7H,1H2;2-5H,1H3;2*1-4H/b;12-5+;11-6+;;;;;8-7-;;;. The van der Waals surface area contributed by atoms with Gasteiger partial charge in [-0.25, -0.2) is 19.6 Å². The minimum atomic E-state index is -0.394. The lowest BCUT2D eigenvalue weighted by molar-refractivity contribution is -0.127. The topological polar surface area (TPSA) is 277 Å². The van der Waals surface area contributed by atoms with Crippen molar-refractivity contribution in [3.63, 3.8) is 0 Å². The molecule has 0 amide bonds. The van der Waals surface area contributed by atoms with Gasteiger partial charge in [-0.3, -0.25) is 33.6 Å². The van der Waals surface area contributed by atoms with Gasteiger partial charge in [0.1, 0.15) is 52.9 Å². The second kappa shape index (κ2) is 55.3. The Balaban J connectivity index is 0.000000181. The Hall–Kier alpha value is -17.1. The van der Waals surface area contributed by atoms with Crippen molar-refractivity contribution in [2.24, 2.45) is 7.05 Å². The Morgan fingerprint density at radius 3 is 1.66 bits per heavy atom. The summed E-state index contributed by atoms with van der Waals surface area (Å²) in [5, 5.41) is 28.4. The highest BCUT2D eigenvalue weighted by molar-refractivity contribution is 7.20. The van der Waals surface area contributed by atoms with E-state index in [1.165, 1.54) is 37.3 Å². The summed E-state index contributed by atoms with van der Waals surface area (Å²) in [6.45, 7) is 27.1. The molecule has 8 aromatic heterocycles. The number of oxazole rings is 1. The quantitative estimate of drug-likeness (QED) is 0.0138. The van der Waals surface area contributed by atoms with Crippen LogP contribution in [-0.4, -0.2) is 71.3 Å². The first-order chi connectivity index (χ1) is 63.9. The molecule has 0 N–H and O–H groups in total. The number of aromatic nitrogens is 3. The molecule has 23 heteroatoms. The van der Waals surface area contributed by atoms with E-state index in [0.29, 0.717) is 70.1 Å². The van der Waals surface area contributed by atoms with E-state index in [9.17, 15) is 38.4 Å². The molecule has 0 aliphatic rings. The number of furan rings is 2. The molecule has 18 rings (SSSR count). The molecule has 19 nitrogen and oxygen atoms in total. The van der Waals surface area contributed by atoms with Gasteiger partial charge in [-0.1, -0.05) is 214 Å². The van der Waals surface area contributed by atoms with E-state index in [0.717, 1.165) is 111 Å². The first kappa shape index (κ1) is 99.3. The molecule has 0 aliphatic carbocycles. The molecule has 0 saturated heterocycles. The van der Waals surface area contributed by atoms with Gasteiger partial charge in [0, 0.05) is 44.2 Å². The van der Waals surface area contributed by atoms with Gasteiger partial charge in [0.2, 0.25) is 5.89 Å².